The second-order valence-electron chi connectivity index (χ2n) is 4.66. The second-order valence-corrected chi connectivity index (χ2v) is 5.47. The molecule has 0 aromatic heterocycles. The number of hydrogen-bond donors (Lipinski definition) is 2. The number of nitrogens with zero attached hydrogens (tertiary/aromatic N) is 2. The molecular weight excluding hydrogens is 345 g/mol. The Bertz CT molecular complexity index is 873. The molecule has 9 heteroatoms. The maximum absolute atomic E-state index is 12.0. The molecule has 2 N–H and O–H groups in total. The molecule has 1 aliphatic heterocycles. The van der Waals surface area contributed by atoms with Crippen molar-refractivity contribution in [3.63, 3.8) is 0 Å². The molecule has 3 rings (SSSR count). The summed E-state index contributed by atoms with van der Waals surface area (Å²) in [5.74, 6) is -0.787. The highest BCUT2D eigenvalue weighted by molar-refractivity contribution is 6.54. The Balaban J connectivity index is 2.13. The summed E-state index contributed by atoms with van der Waals surface area (Å²) in [5, 5.41) is 22.9. The van der Waals surface area contributed by atoms with E-state index in [4.69, 9.17) is 23.2 Å². The zero-order valence-electron chi connectivity index (χ0n) is 11.2. The predicted molar refractivity (Wildman–Crippen MR) is 86.0 cm³/mol. The number of carbonyl (C=O) groups excluding carboxylic acids is 1. The van der Waals surface area contributed by atoms with E-state index >= 15 is 0 Å². The quantitative estimate of drug-likeness (QED) is 0.635. The number of amides is 1. The highest BCUT2D eigenvalue weighted by Gasteiger charge is 2.28. The summed E-state index contributed by atoms with van der Waals surface area (Å²) in [4.78, 5) is 26.5. The van der Waals surface area contributed by atoms with Crippen LogP contribution in [0.5, 0.6) is 5.75 Å². The minimum atomic E-state index is -0.561. The molecule has 116 valence electrons. The first-order valence-corrected chi connectivity index (χ1v) is 6.99. The van der Waals surface area contributed by atoms with E-state index in [1.807, 2.05) is 0 Å². The van der Waals surface area contributed by atoms with E-state index in [9.17, 15) is 20.0 Å². The van der Waals surface area contributed by atoms with Crippen LogP contribution in [0.3, 0.4) is 0 Å². The highest BCUT2D eigenvalue weighted by atomic mass is 35.5. The fourth-order valence-electron chi connectivity index (χ4n) is 2.11. The zero-order valence-corrected chi connectivity index (χ0v) is 12.7. The molecule has 7 nitrogen and oxygen atoms in total. The van der Waals surface area contributed by atoms with Crippen LogP contribution in [0.2, 0.25) is 10.0 Å². The summed E-state index contributed by atoms with van der Waals surface area (Å²) < 4.78 is 0. The molecule has 0 spiro atoms. The van der Waals surface area contributed by atoms with Crippen LogP contribution in [0.15, 0.2) is 35.3 Å². The Morgan fingerprint density at radius 3 is 2.43 bits per heavy atom. The van der Waals surface area contributed by atoms with Crippen LogP contribution in [-0.2, 0) is 4.79 Å². The predicted octanol–water partition coefficient (Wildman–Crippen LogP) is 3.68. The molecule has 0 aliphatic carbocycles. The van der Waals surface area contributed by atoms with Crippen LogP contribution in [0.1, 0.15) is 5.56 Å². The Labute approximate surface area is 139 Å². The maximum Gasteiger partial charge on any atom is 0.275 e. The van der Waals surface area contributed by atoms with Crippen molar-refractivity contribution in [1.29, 1.82) is 0 Å². The van der Waals surface area contributed by atoms with E-state index in [-0.39, 0.29) is 32.9 Å². The van der Waals surface area contributed by atoms with Gasteiger partial charge >= 0.3 is 0 Å². The number of nitro groups is 1. The number of nitro benzene ring substituents is 1. The molecule has 0 atom stereocenters. The largest absolute Gasteiger partial charge is 0.505 e. The summed E-state index contributed by atoms with van der Waals surface area (Å²) in [6, 6.07) is 6.65. The number of fused-ring (bicyclic) bond motifs is 1. The molecule has 1 amide bonds. The highest BCUT2D eigenvalue weighted by Crippen LogP contribution is 2.37. The summed E-state index contributed by atoms with van der Waals surface area (Å²) >= 11 is 11.6. The van der Waals surface area contributed by atoms with Crippen molar-refractivity contribution in [2.45, 2.75) is 0 Å². The van der Waals surface area contributed by atoms with Crippen LogP contribution < -0.4 is 5.32 Å². The van der Waals surface area contributed by atoms with Crippen LogP contribution in [0.25, 0.3) is 0 Å². The number of aromatic hydroxyl groups is 1. The van der Waals surface area contributed by atoms with Crippen molar-refractivity contribution in [3.05, 3.63) is 56.1 Å². The molecule has 0 saturated heterocycles. The lowest BCUT2D eigenvalue weighted by atomic mass is 10.1. The second kappa shape index (κ2) is 5.53. The number of halogens is 2. The topological polar surface area (TPSA) is 105 Å². The number of nitrogens with one attached hydrogen (secondary N) is 1. The Morgan fingerprint density at radius 1 is 1.17 bits per heavy atom. The summed E-state index contributed by atoms with van der Waals surface area (Å²) in [6.45, 7) is 0. The first-order chi connectivity index (χ1) is 10.9. The molecule has 2 aromatic rings. The van der Waals surface area contributed by atoms with Crippen molar-refractivity contribution in [1.82, 2.24) is 0 Å². The van der Waals surface area contributed by atoms with Crippen molar-refractivity contribution in [2.24, 2.45) is 4.99 Å². The third kappa shape index (κ3) is 2.71. The van der Waals surface area contributed by atoms with Gasteiger partial charge in [-0.3, -0.25) is 14.9 Å². The van der Waals surface area contributed by atoms with Gasteiger partial charge in [-0.2, -0.15) is 0 Å². The van der Waals surface area contributed by atoms with E-state index in [1.165, 1.54) is 30.3 Å². The van der Waals surface area contributed by atoms with Gasteiger partial charge in [0.1, 0.15) is 5.71 Å². The number of aliphatic imine (C=N–C) groups is 1. The van der Waals surface area contributed by atoms with Crippen LogP contribution in [0.4, 0.5) is 17.1 Å². The average molecular weight is 352 g/mol. The van der Waals surface area contributed by atoms with E-state index < -0.39 is 10.8 Å². The fraction of sp³-hybridized carbons (Fsp3) is 0. The molecule has 0 fully saturated rings. The lowest BCUT2D eigenvalue weighted by Crippen LogP contribution is -2.13. The smallest absolute Gasteiger partial charge is 0.275 e. The van der Waals surface area contributed by atoms with Crippen LogP contribution in [0, 0.1) is 10.1 Å². The lowest BCUT2D eigenvalue weighted by molar-refractivity contribution is -0.384. The number of phenols is 1. The van der Waals surface area contributed by atoms with E-state index in [0.29, 0.717) is 11.3 Å². The number of anilines is 1. The average Bonchev–Trinajstić information content (AvgIpc) is 2.80. The van der Waals surface area contributed by atoms with Gasteiger partial charge in [-0.1, -0.05) is 23.2 Å². The van der Waals surface area contributed by atoms with Gasteiger partial charge in [0, 0.05) is 17.7 Å². The van der Waals surface area contributed by atoms with Gasteiger partial charge < -0.3 is 10.4 Å². The van der Waals surface area contributed by atoms with Gasteiger partial charge in [0.05, 0.1) is 26.3 Å². The minimum Gasteiger partial charge on any atom is -0.505 e. The minimum absolute atomic E-state index is 0.00141. The molecule has 0 unspecified atom stereocenters. The van der Waals surface area contributed by atoms with Gasteiger partial charge in [-0.05, 0) is 18.2 Å². The van der Waals surface area contributed by atoms with Crippen molar-refractivity contribution >= 4 is 51.9 Å². The summed E-state index contributed by atoms with van der Waals surface area (Å²) in [5.41, 5.74) is 0.818. The number of benzene rings is 2. The van der Waals surface area contributed by atoms with Gasteiger partial charge in [0.25, 0.3) is 11.6 Å². The SMILES string of the molecule is O=C1Nc2ccc([N+](=O)[O-])cc2C1=Nc1cc(Cl)c(O)c(Cl)c1. The number of non-ortho nitro benzene ring substituents is 1. The van der Waals surface area contributed by atoms with Gasteiger partial charge in [-0.15, -0.1) is 0 Å². The standard InChI is InChI=1S/C14H7Cl2N3O4/c15-9-3-6(4-10(16)13(9)20)17-12-8-5-7(19(22)23)1-2-11(8)18-14(12)21/h1-5,20H,(H,17,18,21). The third-order valence-corrected chi connectivity index (χ3v) is 3.75. The number of phenolic OH excluding ortho intramolecular Hbond substituents is 1. The molecule has 0 bridgehead atoms. The zero-order chi connectivity index (χ0) is 16.7. The van der Waals surface area contributed by atoms with Crippen molar-refractivity contribution < 1.29 is 14.8 Å². The Morgan fingerprint density at radius 2 is 1.83 bits per heavy atom. The Hall–Kier alpha value is -2.64. The van der Waals surface area contributed by atoms with Crippen LogP contribution in [-0.4, -0.2) is 21.6 Å². The van der Waals surface area contributed by atoms with Gasteiger partial charge in [0.2, 0.25) is 0 Å². The molecule has 0 radical (unpaired) electrons. The molecule has 1 aliphatic rings. The summed E-state index contributed by atoms with van der Waals surface area (Å²) in [7, 11) is 0. The fourth-order valence-corrected chi connectivity index (χ4v) is 2.59. The van der Waals surface area contributed by atoms with Gasteiger partial charge in [0.15, 0.2) is 5.75 Å². The monoisotopic (exact) mass is 351 g/mol. The van der Waals surface area contributed by atoms with Crippen LogP contribution >= 0.6 is 23.2 Å². The van der Waals surface area contributed by atoms with Gasteiger partial charge in [-0.25, -0.2) is 4.99 Å². The third-order valence-electron chi connectivity index (χ3n) is 3.17. The molecule has 2 aromatic carbocycles. The molecule has 1 heterocycles. The van der Waals surface area contributed by atoms with E-state index in [2.05, 4.69) is 10.3 Å². The summed E-state index contributed by atoms with van der Waals surface area (Å²) in [6.07, 6.45) is 0. The first kappa shape index (κ1) is 15.3. The van der Waals surface area contributed by atoms with Crippen molar-refractivity contribution in [2.75, 3.05) is 5.32 Å². The first-order valence-electron chi connectivity index (χ1n) is 6.23. The lowest BCUT2D eigenvalue weighted by Gasteiger charge is -2.03. The Kier molecular flexibility index (Phi) is 3.67. The van der Waals surface area contributed by atoms with E-state index in [0.717, 1.165) is 0 Å². The normalized spacial score (nSPS) is 14.7. The molecular formula is C14H7Cl2N3O4. The molecule has 0 saturated carbocycles. The maximum atomic E-state index is 12.0. The number of rotatable bonds is 2. The van der Waals surface area contributed by atoms with E-state index in [1.54, 1.807) is 0 Å². The number of hydrogen-bond acceptors (Lipinski definition) is 5. The molecule has 23 heavy (non-hydrogen) atoms. The van der Waals surface area contributed by atoms with Crippen molar-refractivity contribution in [3.8, 4) is 5.75 Å². The number of carbonyl (C=O) groups is 1.